The Morgan fingerprint density at radius 3 is 1.40 bits per heavy atom. The van der Waals surface area contributed by atoms with E-state index in [1.807, 2.05) is 111 Å². The number of aliphatic hydroxyl groups excluding tert-OH is 1. The van der Waals surface area contributed by atoms with Gasteiger partial charge in [0.1, 0.15) is 11.6 Å². The molecule has 0 aliphatic carbocycles. The number of nitrogens with zero attached hydrogens (tertiary/aromatic N) is 11. The van der Waals surface area contributed by atoms with E-state index in [1.165, 1.54) is 12.1 Å². The second kappa shape index (κ2) is 25.2. The molecule has 27 heteroatoms. The number of hydrogen-bond acceptors (Lipinski definition) is 18. The van der Waals surface area contributed by atoms with Gasteiger partial charge < -0.3 is 45.1 Å². The maximum atomic E-state index is 11.9. The summed E-state index contributed by atoms with van der Waals surface area (Å²) >= 11 is 0. The van der Waals surface area contributed by atoms with Crippen molar-refractivity contribution in [1.29, 1.82) is 0 Å². The number of aromatic nitrogens is 11. The van der Waals surface area contributed by atoms with Gasteiger partial charge in [0.2, 0.25) is 16.0 Å². The van der Waals surface area contributed by atoms with E-state index >= 15 is 0 Å². The first-order chi connectivity index (χ1) is 39.5. The third-order valence-corrected chi connectivity index (χ3v) is 15.1. The van der Waals surface area contributed by atoms with E-state index in [0.717, 1.165) is 68.3 Å². The smallest absolute Gasteiger partial charge is 0.394 e. The second-order valence-electron chi connectivity index (χ2n) is 18.3. The second-order valence-corrected chi connectivity index (χ2v) is 23.0. The fourth-order valence-corrected chi connectivity index (χ4v) is 10.7. The average molecular weight is 1230 g/mol. The van der Waals surface area contributed by atoms with Gasteiger partial charge in [0.05, 0.1) is 59.2 Å². The first kappa shape index (κ1) is 59.5. The fraction of sp³-hybridized carbons (Fsp3) is 0.196. The molecular formula is C56H51CuN13O10S3. The largest absolute Gasteiger partial charge is 2.00 e. The van der Waals surface area contributed by atoms with Crippen molar-refractivity contribution >= 4 is 91.1 Å². The summed E-state index contributed by atoms with van der Waals surface area (Å²) in [6.07, 6.45) is 1.63. The summed E-state index contributed by atoms with van der Waals surface area (Å²) in [4.78, 5) is 51.5. The average Bonchev–Trinajstić information content (AvgIpc) is 3.86. The topological polar surface area (TPSA) is 341 Å². The quantitative estimate of drug-likeness (QED) is 0.0386. The number of sulfonamides is 1. The molecule has 6 heterocycles. The number of nitrogens with one attached hydrogen (secondary N) is 2. The Kier molecular flexibility index (Phi) is 18.1. The molecule has 2 aliphatic rings. The van der Waals surface area contributed by atoms with Crippen molar-refractivity contribution in [2.75, 3.05) is 44.5 Å². The fourth-order valence-electron chi connectivity index (χ4n) is 9.13. The Morgan fingerprint density at radius 2 is 0.952 bits per heavy atom. The molecule has 5 N–H and O–H groups in total. The normalized spacial score (nSPS) is 11.9. The van der Waals surface area contributed by atoms with Gasteiger partial charge in [-0.05, 0) is 68.6 Å². The zero-order valence-electron chi connectivity index (χ0n) is 44.4. The summed E-state index contributed by atoms with van der Waals surface area (Å²) in [5, 5.41) is 15.9. The molecule has 0 saturated carbocycles. The van der Waals surface area contributed by atoms with Crippen LogP contribution < -0.4 is 20.0 Å². The molecule has 0 unspecified atom stereocenters. The van der Waals surface area contributed by atoms with Gasteiger partial charge in [-0.2, -0.15) is 26.8 Å². The van der Waals surface area contributed by atoms with Crippen LogP contribution in [0.15, 0.2) is 137 Å². The predicted molar refractivity (Wildman–Crippen MR) is 309 cm³/mol. The molecular weight excluding hydrogens is 1170 g/mol. The molecule has 4 aromatic heterocycles. The summed E-state index contributed by atoms with van der Waals surface area (Å²) < 4.78 is 96.4. The van der Waals surface area contributed by atoms with Gasteiger partial charge in [-0.1, -0.05) is 117 Å². The summed E-state index contributed by atoms with van der Waals surface area (Å²) in [7, 11) is -12.6. The van der Waals surface area contributed by atoms with E-state index < -0.39 is 40.1 Å². The number of hydrogen-bond donors (Lipinski definition) is 5. The number of fused-ring (bicyclic) bond motifs is 21. The van der Waals surface area contributed by atoms with Crippen molar-refractivity contribution in [1.82, 2.24) is 59.5 Å². The molecule has 1 radical (unpaired) electrons. The zero-order chi connectivity index (χ0) is 57.8. The summed E-state index contributed by atoms with van der Waals surface area (Å²) in [6, 6.07) is 37.7. The maximum absolute atomic E-state index is 11.9. The molecule has 0 atom stereocenters. The number of aryl methyl sites for hydroxylation is 1. The van der Waals surface area contributed by atoms with E-state index in [-0.39, 0.29) is 80.0 Å². The Labute approximate surface area is 486 Å². The summed E-state index contributed by atoms with van der Waals surface area (Å²) in [5.41, 5.74) is 6.11. The van der Waals surface area contributed by atoms with Crippen LogP contribution in [0.2, 0.25) is 0 Å². The third kappa shape index (κ3) is 13.6. The van der Waals surface area contributed by atoms with Crippen molar-refractivity contribution in [3.05, 3.63) is 145 Å². The Bertz CT molecular complexity index is 4300. The molecule has 12 rings (SSSR count). The van der Waals surface area contributed by atoms with Crippen LogP contribution in [-0.2, 0) is 64.9 Å². The molecule has 0 fully saturated rings. The van der Waals surface area contributed by atoms with Gasteiger partial charge in [0.15, 0.2) is 0 Å². The van der Waals surface area contributed by atoms with Gasteiger partial charge in [-0.25, -0.2) is 28.1 Å². The number of benzene rings is 6. The monoisotopic (exact) mass is 1220 g/mol. The van der Waals surface area contributed by atoms with Gasteiger partial charge in [-0.3, -0.25) is 9.11 Å². The molecule has 0 amide bonds. The third-order valence-electron chi connectivity index (χ3n) is 12.7. The van der Waals surface area contributed by atoms with E-state index in [1.54, 1.807) is 0 Å². The van der Waals surface area contributed by atoms with Gasteiger partial charge >= 0.3 is 17.1 Å². The van der Waals surface area contributed by atoms with Crippen LogP contribution in [0.1, 0.15) is 37.5 Å². The minimum absolute atomic E-state index is 0. The number of anilines is 1. The molecule has 429 valence electrons. The summed E-state index contributed by atoms with van der Waals surface area (Å²) in [6.45, 7) is 4.70. The van der Waals surface area contributed by atoms with Crippen LogP contribution in [0.25, 0.3) is 100 Å². The van der Waals surface area contributed by atoms with Crippen molar-refractivity contribution in [3.8, 4) is 45.6 Å². The molecule has 6 aromatic carbocycles. The Balaban J connectivity index is 0.000000192. The minimum atomic E-state index is -4.69. The van der Waals surface area contributed by atoms with Crippen LogP contribution in [0.3, 0.4) is 0 Å². The van der Waals surface area contributed by atoms with Crippen molar-refractivity contribution in [2.24, 2.45) is 0 Å². The van der Waals surface area contributed by atoms with Crippen molar-refractivity contribution < 1.29 is 61.3 Å². The Hall–Kier alpha value is -8.08. The van der Waals surface area contributed by atoms with E-state index in [9.17, 15) is 34.4 Å². The van der Waals surface area contributed by atoms with Crippen LogP contribution in [0, 0.1) is 0 Å². The molecule has 23 nitrogen and oxygen atoms in total. The first-order valence-corrected chi connectivity index (χ1v) is 30.4. The van der Waals surface area contributed by atoms with Gasteiger partial charge in [0.25, 0.3) is 20.2 Å². The molecule has 0 saturated heterocycles. The molecule has 10 aromatic rings. The van der Waals surface area contributed by atoms with Crippen LogP contribution in [0.5, 0.6) is 0 Å². The Morgan fingerprint density at radius 1 is 0.506 bits per heavy atom. The van der Waals surface area contributed by atoms with Crippen LogP contribution >= 0.6 is 0 Å². The standard InChI is InChI=1S/C32H16N8.C22H29N5O10S3.C2H6.Cu/c1-2-10-18-17(9-1)25-33-26(18)38-28-21-13-5-6-14-22(21)30(35-28)40-32-24-16-8-7-15-23(24)31(36-32)39-29-20-12-4-3-11-19(20)27(34-29)37-25;1-38(29,30)24-6-2-3-20-25-21(27-22(26-20)23-7-9-37-10-8-28)14-16-13-18(40(34,35)36)12-15-11-17(39(31,32)33)4-5-19(15)16;1-2;/h1-16H;4-5,11-13,24,28H,2-3,6-10,14H2,1H3,(H,31,32,33)(H,34,35,36)(H,23,25,26,27);1-2H3;/q-2;;;+2. The SMILES string of the molecule is CC.CS(=O)(=O)NCCCc1nc(Cc2cc(S(=O)(=O)O)cc3cc(S(=O)(=O)O)ccc23)nc(NCCOCCO)n1.[Cu+2].c1ccc2c(c1)-c1nc-2nc2[n-]c(nc3nc(nc4[n-]c(n1)c1ccccc41)-c1ccccc1-3)c1ccccc21. The van der Waals surface area contributed by atoms with E-state index in [0.29, 0.717) is 69.1 Å². The zero-order valence-corrected chi connectivity index (χ0v) is 47.8. The minimum Gasteiger partial charge on any atom is -0.394 e. The molecule has 83 heavy (non-hydrogen) atoms. The maximum Gasteiger partial charge on any atom is 2.00 e. The predicted octanol–water partition coefficient (Wildman–Crippen LogP) is 7.16. The number of aliphatic hydroxyl groups is 1. The van der Waals surface area contributed by atoms with Gasteiger partial charge in [0, 0.05) is 70.8 Å². The van der Waals surface area contributed by atoms with Crippen LogP contribution in [-0.4, -0.2) is 123 Å². The summed E-state index contributed by atoms with van der Waals surface area (Å²) in [5.74, 6) is 2.91. The first-order valence-electron chi connectivity index (χ1n) is 25.7. The molecule has 0 spiro atoms. The number of ether oxygens (including phenoxy) is 1. The molecule has 2 aliphatic heterocycles. The van der Waals surface area contributed by atoms with Crippen molar-refractivity contribution in [3.63, 3.8) is 0 Å². The van der Waals surface area contributed by atoms with E-state index in [2.05, 4.69) is 25.0 Å². The number of rotatable bonds is 15. The van der Waals surface area contributed by atoms with Crippen molar-refractivity contribution in [2.45, 2.75) is 42.9 Å². The van der Waals surface area contributed by atoms with Gasteiger partial charge in [-0.15, -0.1) is 0 Å². The van der Waals surface area contributed by atoms with Crippen LogP contribution in [0.4, 0.5) is 5.95 Å². The molecule has 8 bridgehead atoms. The van der Waals surface area contributed by atoms with E-state index in [4.69, 9.17) is 49.7 Å².